The van der Waals surface area contributed by atoms with Crippen LogP contribution in [-0.2, 0) is 14.3 Å². The Morgan fingerprint density at radius 3 is 2.74 bits per heavy atom. The Balaban J connectivity index is 2.72. The molecule has 0 heterocycles. The molecular weight excluding hydrogens is 319 g/mol. The van der Waals surface area contributed by atoms with Gasteiger partial charge in [0.15, 0.2) is 0 Å². The molecule has 1 amide bonds. The molecule has 1 rings (SSSR count). The molecule has 0 aromatic heterocycles. The topological polar surface area (TPSA) is 67.4 Å². The summed E-state index contributed by atoms with van der Waals surface area (Å²) in [4.78, 5) is 22.4. The SMILES string of the molecule is COC(=O)C(CNc1cc(Br)ccc1F)NC(C)=O. The van der Waals surface area contributed by atoms with Crippen LogP contribution >= 0.6 is 15.9 Å². The molecule has 5 nitrogen and oxygen atoms in total. The zero-order valence-electron chi connectivity index (χ0n) is 10.5. The van der Waals surface area contributed by atoms with E-state index in [0.717, 1.165) is 0 Å². The monoisotopic (exact) mass is 332 g/mol. The number of amides is 1. The Bertz CT molecular complexity index is 482. The van der Waals surface area contributed by atoms with Gasteiger partial charge in [-0.3, -0.25) is 4.79 Å². The average Bonchev–Trinajstić information content (AvgIpc) is 2.36. The van der Waals surface area contributed by atoms with Crippen molar-refractivity contribution in [1.82, 2.24) is 5.32 Å². The molecule has 0 aliphatic rings. The Kier molecular flexibility index (Phi) is 5.75. The summed E-state index contributed by atoms with van der Waals surface area (Å²) >= 11 is 3.22. The van der Waals surface area contributed by atoms with E-state index in [2.05, 4.69) is 31.3 Å². The largest absolute Gasteiger partial charge is 0.467 e. The number of ether oxygens (including phenoxy) is 1. The van der Waals surface area contributed by atoms with Crippen molar-refractivity contribution in [2.24, 2.45) is 0 Å². The Morgan fingerprint density at radius 2 is 2.16 bits per heavy atom. The summed E-state index contributed by atoms with van der Waals surface area (Å²) < 4.78 is 18.7. The fraction of sp³-hybridized carbons (Fsp3) is 0.333. The Labute approximate surface area is 118 Å². The Hall–Kier alpha value is -1.63. The van der Waals surface area contributed by atoms with E-state index in [4.69, 9.17) is 0 Å². The molecular formula is C12H14BrFN2O3. The number of benzene rings is 1. The van der Waals surface area contributed by atoms with Gasteiger partial charge in [-0.2, -0.15) is 0 Å². The lowest BCUT2D eigenvalue weighted by atomic mass is 10.2. The maximum Gasteiger partial charge on any atom is 0.330 e. The first kappa shape index (κ1) is 15.4. The molecule has 1 aromatic carbocycles. The van der Waals surface area contributed by atoms with Crippen LogP contribution in [0, 0.1) is 5.82 Å². The molecule has 0 spiro atoms. The predicted molar refractivity (Wildman–Crippen MR) is 72.2 cm³/mol. The minimum Gasteiger partial charge on any atom is -0.467 e. The van der Waals surface area contributed by atoms with Gasteiger partial charge in [0.1, 0.15) is 11.9 Å². The number of hydrogen-bond donors (Lipinski definition) is 2. The highest BCUT2D eigenvalue weighted by Crippen LogP contribution is 2.19. The summed E-state index contributed by atoms with van der Waals surface area (Å²) in [6.07, 6.45) is 0. The summed E-state index contributed by atoms with van der Waals surface area (Å²) in [7, 11) is 1.22. The van der Waals surface area contributed by atoms with Crippen molar-refractivity contribution in [2.45, 2.75) is 13.0 Å². The second kappa shape index (κ2) is 7.08. The van der Waals surface area contributed by atoms with Gasteiger partial charge in [-0.25, -0.2) is 9.18 Å². The number of esters is 1. The van der Waals surface area contributed by atoms with Crippen LogP contribution in [0.1, 0.15) is 6.92 Å². The lowest BCUT2D eigenvalue weighted by Gasteiger charge is -2.17. The van der Waals surface area contributed by atoms with Crippen LogP contribution in [0.4, 0.5) is 10.1 Å². The van der Waals surface area contributed by atoms with Crippen molar-refractivity contribution in [3.8, 4) is 0 Å². The number of halogens is 2. The third-order valence-electron chi connectivity index (χ3n) is 2.29. The number of anilines is 1. The average molecular weight is 333 g/mol. The van der Waals surface area contributed by atoms with Gasteiger partial charge in [-0.15, -0.1) is 0 Å². The number of nitrogens with one attached hydrogen (secondary N) is 2. The summed E-state index contributed by atoms with van der Waals surface area (Å²) in [5.74, 6) is -1.42. The van der Waals surface area contributed by atoms with E-state index in [1.165, 1.54) is 26.2 Å². The third kappa shape index (κ3) is 4.86. The van der Waals surface area contributed by atoms with E-state index in [9.17, 15) is 14.0 Å². The standard InChI is InChI=1S/C12H14BrFN2O3/c1-7(17)16-11(12(18)19-2)6-15-10-5-8(13)3-4-9(10)14/h3-5,11,15H,6H2,1-2H3,(H,16,17). The molecule has 104 valence electrons. The van der Waals surface area contributed by atoms with Gasteiger partial charge in [0, 0.05) is 17.9 Å². The number of rotatable bonds is 5. The molecule has 2 N–H and O–H groups in total. The number of hydrogen-bond acceptors (Lipinski definition) is 4. The van der Waals surface area contributed by atoms with Gasteiger partial charge in [0.2, 0.25) is 5.91 Å². The van der Waals surface area contributed by atoms with Gasteiger partial charge < -0.3 is 15.4 Å². The molecule has 7 heteroatoms. The molecule has 1 aromatic rings. The van der Waals surface area contributed by atoms with Crippen LogP contribution in [0.5, 0.6) is 0 Å². The normalized spacial score (nSPS) is 11.6. The van der Waals surface area contributed by atoms with E-state index in [0.29, 0.717) is 4.47 Å². The summed E-state index contributed by atoms with van der Waals surface area (Å²) in [6, 6.07) is 3.52. The van der Waals surface area contributed by atoms with Crippen LogP contribution in [-0.4, -0.2) is 31.6 Å². The van der Waals surface area contributed by atoms with Gasteiger partial charge in [-0.1, -0.05) is 15.9 Å². The van der Waals surface area contributed by atoms with Crippen molar-refractivity contribution < 1.29 is 18.7 Å². The molecule has 0 bridgehead atoms. The number of carbonyl (C=O) groups is 2. The van der Waals surface area contributed by atoms with Gasteiger partial charge in [0.05, 0.1) is 12.8 Å². The van der Waals surface area contributed by atoms with E-state index < -0.39 is 17.8 Å². The van der Waals surface area contributed by atoms with Crippen molar-refractivity contribution in [3.05, 3.63) is 28.5 Å². The van der Waals surface area contributed by atoms with E-state index in [-0.39, 0.29) is 18.1 Å². The number of methoxy groups -OCH3 is 1. The maximum atomic E-state index is 13.5. The Morgan fingerprint density at radius 1 is 1.47 bits per heavy atom. The quantitative estimate of drug-likeness (QED) is 0.805. The molecule has 0 aliphatic heterocycles. The van der Waals surface area contributed by atoms with Crippen LogP contribution in [0.3, 0.4) is 0 Å². The summed E-state index contributed by atoms with van der Waals surface area (Å²) in [6.45, 7) is 1.31. The first-order valence-corrected chi connectivity index (χ1v) is 6.27. The first-order valence-electron chi connectivity index (χ1n) is 5.48. The van der Waals surface area contributed by atoms with Crippen LogP contribution in [0.2, 0.25) is 0 Å². The molecule has 1 atom stereocenters. The van der Waals surface area contributed by atoms with Crippen molar-refractivity contribution in [2.75, 3.05) is 19.0 Å². The molecule has 19 heavy (non-hydrogen) atoms. The lowest BCUT2D eigenvalue weighted by Crippen LogP contribution is -2.45. The lowest BCUT2D eigenvalue weighted by molar-refractivity contribution is -0.144. The molecule has 0 saturated heterocycles. The third-order valence-corrected chi connectivity index (χ3v) is 2.78. The predicted octanol–water partition coefficient (Wildman–Crippen LogP) is 1.68. The minimum atomic E-state index is -0.874. The van der Waals surface area contributed by atoms with Crippen LogP contribution < -0.4 is 10.6 Å². The summed E-state index contributed by atoms with van der Waals surface area (Å²) in [5.41, 5.74) is 0.230. The van der Waals surface area contributed by atoms with Crippen molar-refractivity contribution in [1.29, 1.82) is 0 Å². The van der Waals surface area contributed by atoms with Gasteiger partial charge in [-0.05, 0) is 18.2 Å². The van der Waals surface area contributed by atoms with Gasteiger partial charge in [0.25, 0.3) is 0 Å². The van der Waals surface area contributed by atoms with Crippen LogP contribution in [0.25, 0.3) is 0 Å². The smallest absolute Gasteiger partial charge is 0.330 e. The fourth-order valence-corrected chi connectivity index (χ4v) is 1.79. The second-order valence-electron chi connectivity index (χ2n) is 3.78. The molecule has 0 fully saturated rings. The minimum absolute atomic E-state index is 0.0274. The summed E-state index contributed by atoms with van der Waals surface area (Å²) in [5, 5.41) is 5.18. The molecule has 0 saturated carbocycles. The van der Waals surface area contributed by atoms with Crippen LogP contribution in [0.15, 0.2) is 22.7 Å². The fourth-order valence-electron chi connectivity index (χ4n) is 1.43. The molecule has 0 radical (unpaired) electrons. The van der Waals surface area contributed by atoms with Crippen molar-refractivity contribution in [3.63, 3.8) is 0 Å². The highest BCUT2D eigenvalue weighted by molar-refractivity contribution is 9.10. The zero-order chi connectivity index (χ0) is 14.4. The second-order valence-corrected chi connectivity index (χ2v) is 4.70. The highest BCUT2D eigenvalue weighted by atomic mass is 79.9. The number of carbonyl (C=O) groups excluding carboxylic acids is 2. The van der Waals surface area contributed by atoms with E-state index in [1.807, 2.05) is 0 Å². The maximum absolute atomic E-state index is 13.5. The zero-order valence-corrected chi connectivity index (χ0v) is 12.1. The highest BCUT2D eigenvalue weighted by Gasteiger charge is 2.20. The van der Waals surface area contributed by atoms with Crippen molar-refractivity contribution >= 4 is 33.5 Å². The molecule has 1 unspecified atom stereocenters. The van der Waals surface area contributed by atoms with E-state index in [1.54, 1.807) is 6.07 Å². The molecule has 0 aliphatic carbocycles. The van der Waals surface area contributed by atoms with E-state index >= 15 is 0 Å². The van der Waals surface area contributed by atoms with Gasteiger partial charge >= 0.3 is 5.97 Å². The first-order chi connectivity index (χ1) is 8.93.